The highest BCUT2D eigenvalue weighted by Crippen LogP contribution is 2.13. The van der Waals surface area contributed by atoms with E-state index in [0.29, 0.717) is 11.3 Å². The molecule has 3 aromatic rings. The molecular weight excluding hydrogens is 316 g/mol. The van der Waals surface area contributed by atoms with Crippen LogP contribution in [-0.2, 0) is 4.79 Å². The lowest BCUT2D eigenvalue weighted by Gasteiger charge is -2.03. The average Bonchev–Trinajstić information content (AvgIpc) is 3.14. The summed E-state index contributed by atoms with van der Waals surface area (Å²) in [6, 6.07) is 14.4. The van der Waals surface area contributed by atoms with E-state index in [1.807, 2.05) is 24.3 Å². The fourth-order valence-corrected chi connectivity index (χ4v) is 2.30. The van der Waals surface area contributed by atoms with E-state index in [9.17, 15) is 9.59 Å². The molecule has 1 aromatic heterocycles. The summed E-state index contributed by atoms with van der Waals surface area (Å²) in [5, 5.41) is 6.73. The van der Waals surface area contributed by atoms with Crippen molar-refractivity contribution < 1.29 is 9.59 Å². The Labute approximate surface area is 144 Å². The summed E-state index contributed by atoms with van der Waals surface area (Å²) in [5.74, 6) is -0.305. The predicted molar refractivity (Wildman–Crippen MR) is 95.5 cm³/mol. The molecule has 1 amide bonds. The van der Waals surface area contributed by atoms with Crippen LogP contribution in [0.15, 0.2) is 67.3 Å². The van der Waals surface area contributed by atoms with E-state index in [4.69, 9.17) is 0 Å². The molecule has 1 N–H and O–H groups in total. The van der Waals surface area contributed by atoms with Crippen molar-refractivity contribution in [1.29, 1.82) is 0 Å². The molecule has 0 aliphatic heterocycles. The molecule has 6 nitrogen and oxygen atoms in total. The van der Waals surface area contributed by atoms with Gasteiger partial charge in [-0.1, -0.05) is 30.3 Å². The third kappa shape index (κ3) is 4.26. The Balaban J connectivity index is 1.71. The summed E-state index contributed by atoms with van der Waals surface area (Å²) in [7, 11) is 0. The lowest BCUT2D eigenvalue weighted by molar-refractivity contribution is -0.114. The molecule has 25 heavy (non-hydrogen) atoms. The number of nitrogens with one attached hydrogen (secondary N) is 1. The number of hydrogen-bond donors (Lipinski definition) is 1. The van der Waals surface area contributed by atoms with Crippen molar-refractivity contribution in [2.75, 3.05) is 5.32 Å². The van der Waals surface area contributed by atoms with Gasteiger partial charge >= 0.3 is 0 Å². The first-order chi connectivity index (χ1) is 12.1. The zero-order chi connectivity index (χ0) is 17.6. The van der Waals surface area contributed by atoms with Crippen LogP contribution in [0.1, 0.15) is 22.8 Å². The van der Waals surface area contributed by atoms with Crippen LogP contribution in [0.4, 0.5) is 5.69 Å². The summed E-state index contributed by atoms with van der Waals surface area (Å²) < 4.78 is 1.66. The van der Waals surface area contributed by atoms with E-state index in [2.05, 4.69) is 15.4 Å². The quantitative estimate of drug-likeness (QED) is 0.575. The van der Waals surface area contributed by atoms with Crippen LogP contribution in [0.5, 0.6) is 0 Å². The summed E-state index contributed by atoms with van der Waals surface area (Å²) in [5.41, 5.74) is 2.91. The average molecular weight is 332 g/mol. The highest BCUT2D eigenvalue weighted by atomic mass is 16.1. The second-order valence-corrected chi connectivity index (χ2v) is 5.39. The maximum absolute atomic E-state index is 12.3. The van der Waals surface area contributed by atoms with Crippen molar-refractivity contribution in [3.8, 4) is 5.69 Å². The van der Waals surface area contributed by atoms with E-state index in [0.717, 1.165) is 11.3 Å². The van der Waals surface area contributed by atoms with Crippen LogP contribution < -0.4 is 5.32 Å². The van der Waals surface area contributed by atoms with Crippen LogP contribution in [0.25, 0.3) is 11.8 Å². The number of allylic oxidation sites excluding steroid dienone is 1. The molecule has 0 aliphatic carbocycles. The number of benzene rings is 2. The SMILES string of the molecule is CC(=O)Nc1cccc(C(=O)/C=C/c2ccc(-n3cncn3)cc2)c1. The molecule has 0 fully saturated rings. The van der Waals surface area contributed by atoms with Crippen LogP contribution in [0.2, 0.25) is 0 Å². The summed E-state index contributed by atoms with van der Waals surface area (Å²) in [4.78, 5) is 27.3. The maximum atomic E-state index is 12.3. The van der Waals surface area contributed by atoms with Gasteiger partial charge < -0.3 is 5.32 Å². The lowest BCUT2D eigenvalue weighted by atomic mass is 10.1. The molecule has 1 heterocycles. The number of ketones is 1. The molecule has 0 atom stereocenters. The van der Waals surface area contributed by atoms with Crippen molar-refractivity contribution in [2.24, 2.45) is 0 Å². The Morgan fingerprint density at radius 2 is 1.92 bits per heavy atom. The summed E-state index contributed by atoms with van der Waals surface area (Å²) in [6.07, 6.45) is 6.36. The number of aromatic nitrogens is 3. The van der Waals surface area contributed by atoms with E-state index in [-0.39, 0.29) is 11.7 Å². The van der Waals surface area contributed by atoms with Crippen LogP contribution in [-0.4, -0.2) is 26.5 Å². The number of hydrogen-bond acceptors (Lipinski definition) is 4. The lowest BCUT2D eigenvalue weighted by Crippen LogP contribution is -2.06. The molecule has 0 aliphatic rings. The molecule has 2 aromatic carbocycles. The smallest absolute Gasteiger partial charge is 0.221 e. The normalized spacial score (nSPS) is 10.8. The van der Waals surface area contributed by atoms with Gasteiger partial charge in [-0.2, -0.15) is 5.10 Å². The van der Waals surface area contributed by atoms with Crippen molar-refractivity contribution in [1.82, 2.24) is 14.8 Å². The Hall–Kier alpha value is -3.54. The molecule has 0 saturated carbocycles. The third-order valence-electron chi connectivity index (χ3n) is 3.47. The van der Waals surface area contributed by atoms with E-state index in [1.165, 1.54) is 19.3 Å². The molecular formula is C19H16N4O2. The van der Waals surface area contributed by atoms with Gasteiger partial charge in [0.15, 0.2) is 5.78 Å². The third-order valence-corrected chi connectivity index (χ3v) is 3.47. The first-order valence-electron chi connectivity index (χ1n) is 7.67. The van der Waals surface area contributed by atoms with Gasteiger partial charge in [0, 0.05) is 18.2 Å². The first kappa shape index (κ1) is 16.3. The van der Waals surface area contributed by atoms with Crippen molar-refractivity contribution in [2.45, 2.75) is 6.92 Å². The molecule has 0 radical (unpaired) electrons. The molecule has 6 heteroatoms. The number of amides is 1. The zero-order valence-electron chi connectivity index (χ0n) is 13.6. The Kier molecular flexibility index (Phi) is 4.80. The second-order valence-electron chi connectivity index (χ2n) is 5.39. The Morgan fingerprint density at radius 3 is 2.60 bits per heavy atom. The number of rotatable bonds is 5. The largest absolute Gasteiger partial charge is 0.326 e. The second kappa shape index (κ2) is 7.35. The van der Waals surface area contributed by atoms with Crippen LogP contribution in [0, 0.1) is 0 Å². The maximum Gasteiger partial charge on any atom is 0.221 e. The van der Waals surface area contributed by atoms with Gasteiger partial charge in [0.05, 0.1) is 5.69 Å². The Bertz CT molecular complexity index is 913. The van der Waals surface area contributed by atoms with E-state index >= 15 is 0 Å². The standard InChI is InChI=1S/C19H16N4O2/c1-14(24)22-17-4-2-3-16(11-17)19(25)10-7-15-5-8-18(9-6-15)23-13-20-12-21-23/h2-13H,1H3,(H,22,24)/b10-7+. The van der Waals surface area contributed by atoms with Gasteiger partial charge in [0.2, 0.25) is 5.91 Å². The van der Waals surface area contributed by atoms with Gasteiger partial charge in [0.1, 0.15) is 12.7 Å². The first-order valence-corrected chi connectivity index (χ1v) is 7.67. The van der Waals surface area contributed by atoms with E-state index < -0.39 is 0 Å². The summed E-state index contributed by atoms with van der Waals surface area (Å²) in [6.45, 7) is 1.43. The Morgan fingerprint density at radius 1 is 1.12 bits per heavy atom. The van der Waals surface area contributed by atoms with Gasteiger partial charge in [0.25, 0.3) is 0 Å². The highest BCUT2D eigenvalue weighted by molar-refractivity contribution is 6.07. The minimum atomic E-state index is -0.174. The zero-order valence-corrected chi connectivity index (χ0v) is 13.6. The minimum Gasteiger partial charge on any atom is -0.326 e. The van der Waals surface area contributed by atoms with E-state index in [1.54, 1.807) is 41.4 Å². The van der Waals surface area contributed by atoms with Crippen LogP contribution >= 0.6 is 0 Å². The molecule has 124 valence electrons. The molecule has 3 rings (SSSR count). The number of anilines is 1. The highest BCUT2D eigenvalue weighted by Gasteiger charge is 2.04. The predicted octanol–water partition coefficient (Wildman–Crippen LogP) is 3.12. The fourth-order valence-electron chi connectivity index (χ4n) is 2.30. The van der Waals surface area contributed by atoms with Gasteiger partial charge in [-0.25, -0.2) is 9.67 Å². The van der Waals surface area contributed by atoms with Crippen LogP contribution in [0.3, 0.4) is 0 Å². The monoisotopic (exact) mass is 332 g/mol. The van der Waals surface area contributed by atoms with Crippen molar-refractivity contribution in [3.63, 3.8) is 0 Å². The van der Waals surface area contributed by atoms with Crippen molar-refractivity contribution in [3.05, 3.63) is 78.4 Å². The molecule has 0 spiro atoms. The van der Waals surface area contributed by atoms with Crippen molar-refractivity contribution >= 4 is 23.5 Å². The number of nitrogens with zero attached hydrogens (tertiary/aromatic N) is 3. The topological polar surface area (TPSA) is 76.9 Å². The molecule has 0 unspecified atom stereocenters. The number of carbonyl (C=O) groups excluding carboxylic acids is 2. The molecule has 0 saturated heterocycles. The summed E-state index contributed by atoms with van der Waals surface area (Å²) >= 11 is 0. The fraction of sp³-hybridized carbons (Fsp3) is 0.0526. The number of carbonyl (C=O) groups is 2. The minimum absolute atomic E-state index is 0.132. The van der Waals surface area contributed by atoms with Gasteiger partial charge in [-0.05, 0) is 35.9 Å². The van der Waals surface area contributed by atoms with Gasteiger partial charge in [-0.15, -0.1) is 0 Å². The van der Waals surface area contributed by atoms with Gasteiger partial charge in [-0.3, -0.25) is 9.59 Å². The molecule has 0 bridgehead atoms.